The summed E-state index contributed by atoms with van der Waals surface area (Å²) in [5.74, 6) is -0.220. The van der Waals surface area contributed by atoms with Crippen LogP contribution in [0.2, 0.25) is 5.02 Å². The van der Waals surface area contributed by atoms with E-state index >= 15 is 0 Å². The summed E-state index contributed by atoms with van der Waals surface area (Å²) >= 11 is 6.24. The van der Waals surface area contributed by atoms with Crippen molar-refractivity contribution in [2.24, 2.45) is 0 Å². The van der Waals surface area contributed by atoms with Crippen LogP contribution in [-0.2, 0) is 6.42 Å². The number of halogens is 2. The highest BCUT2D eigenvalue weighted by Crippen LogP contribution is 2.36. The van der Waals surface area contributed by atoms with E-state index in [0.717, 1.165) is 5.52 Å². The van der Waals surface area contributed by atoms with E-state index in [1.54, 1.807) is 24.5 Å². The van der Waals surface area contributed by atoms with Gasteiger partial charge in [0, 0.05) is 11.1 Å². The number of hydrogen-bond acceptors (Lipinski definition) is 1. The molecule has 19 heavy (non-hydrogen) atoms. The topological polar surface area (TPSA) is 28.7 Å². The van der Waals surface area contributed by atoms with Gasteiger partial charge in [0.15, 0.2) is 0 Å². The number of fused-ring (bicyclic) bond motifs is 1. The Balaban J connectivity index is 2.36. The number of hydrogen-bond donors (Lipinski definition) is 1. The first-order valence-electron chi connectivity index (χ1n) is 6.11. The van der Waals surface area contributed by atoms with Gasteiger partial charge in [0.2, 0.25) is 0 Å². The van der Waals surface area contributed by atoms with E-state index in [9.17, 15) is 4.39 Å². The minimum Gasteiger partial charge on any atom is -0.345 e. The van der Waals surface area contributed by atoms with Gasteiger partial charge >= 0.3 is 0 Å². The van der Waals surface area contributed by atoms with E-state index in [1.807, 2.05) is 19.1 Å². The molecule has 1 aromatic heterocycles. The molecule has 3 aromatic rings. The molecule has 0 unspecified atom stereocenters. The molecule has 1 N–H and O–H groups in total. The zero-order valence-electron chi connectivity index (χ0n) is 10.4. The van der Waals surface area contributed by atoms with E-state index in [0.29, 0.717) is 33.7 Å². The van der Waals surface area contributed by atoms with Crippen LogP contribution in [0.3, 0.4) is 0 Å². The van der Waals surface area contributed by atoms with Gasteiger partial charge in [-0.3, -0.25) is 0 Å². The predicted octanol–water partition coefficient (Wildman–Crippen LogP) is 4.58. The maximum Gasteiger partial charge on any atom is 0.134 e. The smallest absolute Gasteiger partial charge is 0.134 e. The van der Waals surface area contributed by atoms with Crippen molar-refractivity contribution in [1.29, 1.82) is 0 Å². The summed E-state index contributed by atoms with van der Waals surface area (Å²) in [5.41, 5.74) is 3.37. The summed E-state index contributed by atoms with van der Waals surface area (Å²) in [4.78, 5) is 7.26. The van der Waals surface area contributed by atoms with Gasteiger partial charge in [0.25, 0.3) is 0 Å². The van der Waals surface area contributed by atoms with Crippen LogP contribution in [0.25, 0.3) is 22.2 Å². The molecular formula is C15H12ClFN2. The molecule has 0 bridgehead atoms. The molecule has 2 aromatic carbocycles. The third kappa shape index (κ3) is 1.90. The van der Waals surface area contributed by atoms with Crippen LogP contribution in [0, 0.1) is 5.82 Å². The van der Waals surface area contributed by atoms with Gasteiger partial charge in [-0.2, -0.15) is 0 Å². The standard InChI is InChI=1S/C15H12ClFN2/c1-2-9-4-3-5-10(14(9)17)13-11(16)6-7-12-15(13)19-8-18-12/h3-8H,2H2,1H3,(H,18,19). The molecule has 0 amide bonds. The fraction of sp³-hybridized carbons (Fsp3) is 0.133. The van der Waals surface area contributed by atoms with Crippen LogP contribution in [0.5, 0.6) is 0 Å². The van der Waals surface area contributed by atoms with E-state index in [1.165, 1.54) is 0 Å². The van der Waals surface area contributed by atoms with Gasteiger partial charge in [-0.05, 0) is 24.1 Å². The minimum atomic E-state index is -0.220. The maximum absolute atomic E-state index is 14.5. The Hall–Kier alpha value is -1.87. The third-order valence-electron chi connectivity index (χ3n) is 3.27. The summed E-state index contributed by atoms with van der Waals surface area (Å²) in [5, 5.41) is 0.506. The number of aromatic amines is 1. The predicted molar refractivity (Wildman–Crippen MR) is 75.9 cm³/mol. The average molecular weight is 275 g/mol. The molecule has 0 fully saturated rings. The second-order valence-corrected chi connectivity index (χ2v) is 4.76. The second kappa shape index (κ2) is 4.67. The van der Waals surface area contributed by atoms with Gasteiger partial charge in [-0.15, -0.1) is 0 Å². The Labute approximate surface area is 115 Å². The minimum absolute atomic E-state index is 0.220. The lowest BCUT2D eigenvalue weighted by Crippen LogP contribution is -1.93. The summed E-state index contributed by atoms with van der Waals surface area (Å²) < 4.78 is 14.5. The van der Waals surface area contributed by atoms with Crippen molar-refractivity contribution in [3.63, 3.8) is 0 Å². The zero-order valence-corrected chi connectivity index (χ0v) is 11.1. The summed E-state index contributed by atoms with van der Waals surface area (Å²) in [6.07, 6.45) is 2.24. The molecule has 0 saturated carbocycles. The molecule has 2 nitrogen and oxygen atoms in total. The van der Waals surface area contributed by atoms with Crippen molar-refractivity contribution < 1.29 is 4.39 Å². The lowest BCUT2D eigenvalue weighted by atomic mass is 9.99. The van der Waals surface area contributed by atoms with Crippen molar-refractivity contribution in [3.8, 4) is 11.1 Å². The van der Waals surface area contributed by atoms with Crippen LogP contribution in [0.1, 0.15) is 12.5 Å². The zero-order chi connectivity index (χ0) is 13.4. The van der Waals surface area contributed by atoms with Gasteiger partial charge in [0.1, 0.15) is 5.82 Å². The molecular weight excluding hydrogens is 263 g/mol. The molecule has 1 heterocycles. The number of rotatable bonds is 2. The first-order valence-corrected chi connectivity index (χ1v) is 6.49. The monoisotopic (exact) mass is 274 g/mol. The Bertz CT molecular complexity index is 749. The number of nitrogens with one attached hydrogen (secondary N) is 1. The highest BCUT2D eigenvalue weighted by Gasteiger charge is 2.16. The SMILES string of the molecule is CCc1cccc(-c2c(Cl)ccc3[nH]cnc23)c1F. The number of imidazole rings is 1. The van der Waals surface area contributed by atoms with Gasteiger partial charge in [-0.1, -0.05) is 36.7 Å². The van der Waals surface area contributed by atoms with Crippen molar-refractivity contribution in [3.05, 3.63) is 53.1 Å². The Morgan fingerprint density at radius 1 is 1.26 bits per heavy atom. The lowest BCUT2D eigenvalue weighted by molar-refractivity contribution is 0.616. The molecule has 0 spiro atoms. The first-order chi connectivity index (χ1) is 9.22. The fourth-order valence-corrected chi connectivity index (χ4v) is 2.54. The molecule has 0 radical (unpaired) electrons. The number of H-pyrrole nitrogens is 1. The van der Waals surface area contributed by atoms with E-state index in [-0.39, 0.29) is 5.82 Å². The Kier molecular flexibility index (Phi) is 2.99. The molecule has 0 aliphatic rings. The van der Waals surface area contributed by atoms with Crippen LogP contribution >= 0.6 is 11.6 Å². The van der Waals surface area contributed by atoms with E-state index < -0.39 is 0 Å². The molecule has 0 aliphatic carbocycles. The summed E-state index contributed by atoms with van der Waals surface area (Å²) in [7, 11) is 0. The van der Waals surface area contributed by atoms with Gasteiger partial charge < -0.3 is 4.98 Å². The maximum atomic E-state index is 14.5. The highest BCUT2D eigenvalue weighted by atomic mass is 35.5. The molecule has 3 rings (SSSR count). The summed E-state index contributed by atoms with van der Waals surface area (Å²) in [6.45, 7) is 1.93. The van der Waals surface area contributed by atoms with Crippen LogP contribution < -0.4 is 0 Å². The lowest BCUT2D eigenvalue weighted by Gasteiger charge is -2.09. The molecule has 0 atom stereocenters. The number of aromatic nitrogens is 2. The second-order valence-electron chi connectivity index (χ2n) is 4.35. The summed E-state index contributed by atoms with van der Waals surface area (Å²) in [6, 6.07) is 8.98. The fourth-order valence-electron chi connectivity index (χ4n) is 2.29. The Morgan fingerprint density at radius 2 is 2.11 bits per heavy atom. The van der Waals surface area contributed by atoms with Crippen molar-refractivity contribution in [2.45, 2.75) is 13.3 Å². The number of benzene rings is 2. The van der Waals surface area contributed by atoms with Crippen molar-refractivity contribution >= 4 is 22.6 Å². The van der Waals surface area contributed by atoms with Gasteiger partial charge in [-0.25, -0.2) is 9.37 Å². The molecule has 0 saturated heterocycles. The van der Waals surface area contributed by atoms with Crippen LogP contribution in [0.15, 0.2) is 36.7 Å². The van der Waals surface area contributed by atoms with Crippen molar-refractivity contribution in [1.82, 2.24) is 9.97 Å². The molecule has 96 valence electrons. The van der Waals surface area contributed by atoms with Crippen LogP contribution in [0.4, 0.5) is 4.39 Å². The van der Waals surface area contributed by atoms with Gasteiger partial charge in [0.05, 0.1) is 22.4 Å². The molecule has 0 aliphatic heterocycles. The molecule has 4 heteroatoms. The van der Waals surface area contributed by atoms with E-state index in [2.05, 4.69) is 9.97 Å². The number of nitrogens with zero attached hydrogens (tertiary/aromatic N) is 1. The van der Waals surface area contributed by atoms with E-state index in [4.69, 9.17) is 11.6 Å². The third-order valence-corrected chi connectivity index (χ3v) is 3.58. The average Bonchev–Trinajstić information content (AvgIpc) is 2.88. The number of aryl methyl sites for hydroxylation is 1. The highest BCUT2D eigenvalue weighted by molar-refractivity contribution is 6.34. The van der Waals surface area contributed by atoms with Crippen molar-refractivity contribution in [2.75, 3.05) is 0 Å². The quantitative estimate of drug-likeness (QED) is 0.728. The first kappa shape index (κ1) is 12.2. The largest absolute Gasteiger partial charge is 0.345 e. The van der Waals surface area contributed by atoms with Crippen LogP contribution in [-0.4, -0.2) is 9.97 Å². The Morgan fingerprint density at radius 3 is 2.89 bits per heavy atom. The normalized spacial score (nSPS) is 11.1.